The zero-order valence-corrected chi connectivity index (χ0v) is 9.56. The minimum absolute atomic E-state index is 0.132. The van der Waals surface area contributed by atoms with Gasteiger partial charge in [0.05, 0.1) is 17.2 Å². The molecule has 0 aliphatic carbocycles. The second kappa shape index (κ2) is 4.72. The summed E-state index contributed by atoms with van der Waals surface area (Å²) in [4.78, 5) is 15.8. The van der Waals surface area contributed by atoms with Gasteiger partial charge in [0, 0.05) is 11.8 Å². The zero-order chi connectivity index (χ0) is 10.7. The predicted molar refractivity (Wildman–Crippen MR) is 59.7 cm³/mol. The van der Waals surface area contributed by atoms with Gasteiger partial charge in [-0.15, -0.1) is 11.3 Å². The number of nitrogens with one attached hydrogen (secondary N) is 2. The molecule has 0 unspecified atom stereocenters. The minimum Gasteiger partial charge on any atom is -0.350 e. The molecule has 4 nitrogen and oxygen atoms in total. The van der Waals surface area contributed by atoms with Crippen LogP contribution in [0.5, 0.6) is 0 Å². The maximum absolute atomic E-state index is 11.5. The molecule has 1 fully saturated rings. The van der Waals surface area contributed by atoms with Gasteiger partial charge in [0.15, 0.2) is 0 Å². The van der Waals surface area contributed by atoms with Gasteiger partial charge in [-0.05, 0) is 25.9 Å². The Bertz CT molecular complexity index is 346. The van der Waals surface area contributed by atoms with Gasteiger partial charge < -0.3 is 10.6 Å². The maximum atomic E-state index is 11.5. The monoisotopic (exact) mass is 225 g/mol. The third kappa shape index (κ3) is 3.00. The second-order valence-electron chi connectivity index (χ2n) is 3.86. The number of carbonyl (C=O) groups is 1. The molecule has 1 saturated heterocycles. The summed E-state index contributed by atoms with van der Waals surface area (Å²) in [5.41, 5.74) is 0.956. The Balaban J connectivity index is 1.70. The lowest BCUT2D eigenvalue weighted by molar-refractivity contribution is -0.122. The first kappa shape index (κ1) is 10.6. The van der Waals surface area contributed by atoms with Gasteiger partial charge in [0.25, 0.3) is 0 Å². The van der Waals surface area contributed by atoms with Crippen LogP contribution in [0.4, 0.5) is 0 Å². The molecule has 1 aliphatic heterocycles. The Morgan fingerprint density at radius 3 is 3.07 bits per heavy atom. The molecule has 0 saturated carbocycles. The molecule has 0 radical (unpaired) electrons. The number of rotatable bonds is 4. The molecule has 0 bridgehead atoms. The topological polar surface area (TPSA) is 54.0 Å². The van der Waals surface area contributed by atoms with Crippen molar-refractivity contribution in [2.24, 2.45) is 5.92 Å². The molecule has 1 aromatic rings. The van der Waals surface area contributed by atoms with Crippen LogP contribution >= 0.6 is 11.3 Å². The average Bonchev–Trinajstić information content (AvgIpc) is 2.55. The number of carbonyl (C=O) groups excluding carboxylic acids is 1. The lowest BCUT2D eigenvalue weighted by Crippen LogP contribution is -2.44. The number of aryl methyl sites for hydroxylation is 1. The van der Waals surface area contributed by atoms with Crippen molar-refractivity contribution in [3.63, 3.8) is 0 Å². The van der Waals surface area contributed by atoms with Gasteiger partial charge >= 0.3 is 0 Å². The molecule has 2 rings (SSSR count). The molecule has 1 aliphatic rings. The second-order valence-corrected chi connectivity index (χ2v) is 4.93. The van der Waals surface area contributed by atoms with E-state index in [-0.39, 0.29) is 5.91 Å². The molecule has 5 heteroatoms. The fourth-order valence-electron chi connectivity index (χ4n) is 1.51. The first-order valence-electron chi connectivity index (χ1n) is 5.12. The third-order valence-electron chi connectivity index (χ3n) is 2.47. The smallest absolute Gasteiger partial charge is 0.220 e. The highest BCUT2D eigenvalue weighted by Gasteiger charge is 2.19. The summed E-state index contributed by atoms with van der Waals surface area (Å²) in [6.07, 6.45) is 0.635. The standard InChI is InChI=1S/C10H15N3OS/c1-7-13-9(6-15-7)5-12-10(14)2-8-3-11-4-8/h6,8,11H,2-5H2,1H3,(H,12,14). The molecule has 82 valence electrons. The van der Waals surface area contributed by atoms with Gasteiger partial charge in [0.2, 0.25) is 5.91 Å². The molecule has 2 heterocycles. The average molecular weight is 225 g/mol. The fourth-order valence-corrected chi connectivity index (χ4v) is 2.12. The number of thiazole rings is 1. The quantitative estimate of drug-likeness (QED) is 0.792. The highest BCUT2D eigenvalue weighted by molar-refractivity contribution is 7.09. The Kier molecular flexibility index (Phi) is 3.33. The molecular weight excluding hydrogens is 210 g/mol. The van der Waals surface area contributed by atoms with E-state index < -0.39 is 0 Å². The normalized spacial score (nSPS) is 16.1. The van der Waals surface area contributed by atoms with E-state index in [1.165, 1.54) is 0 Å². The summed E-state index contributed by atoms with van der Waals surface area (Å²) in [7, 11) is 0. The summed E-state index contributed by atoms with van der Waals surface area (Å²) in [6, 6.07) is 0. The first-order valence-corrected chi connectivity index (χ1v) is 6.00. The van der Waals surface area contributed by atoms with Crippen molar-refractivity contribution in [3.8, 4) is 0 Å². The van der Waals surface area contributed by atoms with Gasteiger partial charge in [-0.25, -0.2) is 4.98 Å². The lowest BCUT2D eigenvalue weighted by Gasteiger charge is -2.26. The van der Waals surface area contributed by atoms with Crippen molar-refractivity contribution in [2.75, 3.05) is 13.1 Å². The van der Waals surface area contributed by atoms with Gasteiger partial charge in [-0.2, -0.15) is 0 Å². The van der Waals surface area contributed by atoms with Crippen LogP contribution in [-0.4, -0.2) is 24.0 Å². The van der Waals surface area contributed by atoms with Crippen LogP contribution in [0, 0.1) is 12.8 Å². The van der Waals surface area contributed by atoms with Crippen molar-refractivity contribution in [2.45, 2.75) is 19.9 Å². The number of amides is 1. The van der Waals surface area contributed by atoms with Crippen LogP contribution in [0.15, 0.2) is 5.38 Å². The predicted octanol–water partition coefficient (Wildman–Crippen LogP) is 0.677. The van der Waals surface area contributed by atoms with Crippen LogP contribution in [0.25, 0.3) is 0 Å². The highest BCUT2D eigenvalue weighted by Crippen LogP contribution is 2.09. The van der Waals surface area contributed by atoms with Crippen LogP contribution in [-0.2, 0) is 11.3 Å². The summed E-state index contributed by atoms with van der Waals surface area (Å²) in [5.74, 6) is 0.661. The van der Waals surface area contributed by atoms with Crippen molar-refractivity contribution in [3.05, 3.63) is 16.1 Å². The fraction of sp³-hybridized carbons (Fsp3) is 0.600. The molecule has 0 spiro atoms. The Hall–Kier alpha value is -0.940. The number of hydrogen-bond donors (Lipinski definition) is 2. The van der Waals surface area contributed by atoms with Crippen molar-refractivity contribution < 1.29 is 4.79 Å². The van der Waals surface area contributed by atoms with E-state index in [1.54, 1.807) is 11.3 Å². The third-order valence-corrected chi connectivity index (χ3v) is 3.30. The maximum Gasteiger partial charge on any atom is 0.220 e. The summed E-state index contributed by atoms with van der Waals surface area (Å²) in [5, 5.41) is 9.07. The number of nitrogens with zero attached hydrogens (tertiary/aromatic N) is 1. The molecule has 15 heavy (non-hydrogen) atoms. The van der Waals surface area contributed by atoms with Crippen molar-refractivity contribution in [1.29, 1.82) is 0 Å². The van der Waals surface area contributed by atoms with Crippen LogP contribution in [0.2, 0.25) is 0 Å². The van der Waals surface area contributed by atoms with Crippen LogP contribution in [0.1, 0.15) is 17.1 Å². The number of aromatic nitrogens is 1. The Labute approximate surface area is 93.1 Å². The Morgan fingerprint density at radius 1 is 1.73 bits per heavy atom. The summed E-state index contributed by atoms with van der Waals surface area (Å²) in [6.45, 7) is 4.48. The van der Waals surface area contributed by atoms with E-state index in [2.05, 4.69) is 15.6 Å². The van der Waals surface area contributed by atoms with E-state index in [0.29, 0.717) is 18.9 Å². The molecule has 2 N–H and O–H groups in total. The van der Waals surface area contributed by atoms with E-state index in [1.807, 2.05) is 12.3 Å². The van der Waals surface area contributed by atoms with E-state index >= 15 is 0 Å². The lowest BCUT2D eigenvalue weighted by atomic mass is 9.99. The van der Waals surface area contributed by atoms with Crippen LogP contribution in [0.3, 0.4) is 0 Å². The van der Waals surface area contributed by atoms with E-state index in [4.69, 9.17) is 0 Å². The highest BCUT2D eigenvalue weighted by atomic mass is 32.1. The van der Waals surface area contributed by atoms with Crippen molar-refractivity contribution >= 4 is 17.2 Å². The van der Waals surface area contributed by atoms with Gasteiger partial charge in [0.1, 0.15) is 0 Å². The summed E-state index contributed by atoms with van der Waals surface area (Å²) < 4.78 is 0. The van der Waals surface area contributed by atoms with Crippen molar-refractivity contribution in [1.82, 2.24) is 15.6 Å². The molecule has 0 aromatic carbocycles. The van der Waals surface area contributed by atoms with Gasteiger partial charge in [-0.1, -0.05) is 0 Å². The first-order chi connectivity index (χ1) is 7.24. The van der Waals surface area contributed by atoms with E-state index in [0.717, 1.165) is 23.8 Å². The minimum atomic E-state index is 0.132. The largest absolute Gasteiger partial charge is 0.350 e. The Morgan fingerprint density at radius 2 is 2.53 bits per heavy atom. The summed E-state index contributed by atoms with van der Waals surface area (Å²) >= 11 is 1.61. The van der Waals surface area contributed by atoms with Crippen LogP contribution < -0.4 is 10.6 Å². The van der Waals surface area contributed by atoms with Gasteiger partial charge in [-0.3, -0.25) is 4.79 Å². The zero-order valence-electron chi connectivity index (χ0n) is 8.75. The molecule has 1 aromatic heterocycles. The SMILES string of the molecule is Cc1nc(CNC(=O)CC2CNC2)cs1. The van der Waals surface area contributed by atoms with E-state index in [9.17, 15) is 4.79 Å². The molecule has 0 atom stereocenters. The molecular formula is C10H15N3OS. The number of hydrogen-bond acceptors (Lipinski definition) is 4. The molecule has 1 amide bonds.